The Hall–Kier alpha value is -3.38. The molecule has 1 aliphatic heterocycles. The maximum Gasteiger partial charge on any atom is 0.433 e. The lowest BCUT2D eigenvalue weighted by Gasteiger charge is -2.34. The molecule has 0 amide bonds. The molecule has 0 spiro atoms. The van der Waals surface area contributed by atoms with Crippen LogP contribution in [0.15, 0.2) is 59.5 Å². The highest BCUT2D eigenvalue weighted by Crippen LogP contribution is 2.32. The summed E-state index contributed by atoms with van der Waals surface area (Å²) in [5, 5.41) is 11.8. The van der Waals surface area contributed by atoms with E-state index in [1.54, 1.807) is 17.0 Å². The van der Waals surface area contributed by atoms with Crippen LogP contribution in [0, 0.1) is 5.82 Å². The number of rotatable bonds is 6. The molecule has 7 nitrogen and oxygen atoms in total. The van der Waals surface area contributed by atoms with Gasteiger partial charge < -0.3 is 15.3 Å². The number of piperazine rings is 1. The minimum atomic E-state index is -4.66. The lowest BCUT2D eigenvalue weighted by Crippen LogP contribution is -2.44. The van der Waals surface area contributed by atoms with Gasteiger partial charge in [0.1, 0.15) is 11.6 Å². The Kier molecular flexibility index (Phi) is 6.89. The van der Waals surface area contributed by atoms with Gasteiger partial charge in [0.25, 0.3) is 0 Å². The zero-order valence-electron chi connectivity index (χ0n) is 17.6. The number of anilines is 3. The van der Waals surface area contributed by atoms with E-state index >= 15 is 0 Å². The molecule has 2 heterocycles. The average molecular weight is 493 g/mol. The van der Waals surface area contributed by atoms with E-state index < -0.39 is 23.7 Å². The molecule has 1 aliphatic rings. The van der Waals surface area contributed by atoms with Crippen molar-refractivity contribution in [1.82, 2.24) is 14.3 Å². The maximum absolute atomic E-state index is 13.5. The van der Waals surface area contributed by atoms with Gasteiger partial charge in [-0.25, -0.2) is 18.5 Å². The van der Waals surface area contributed by atoms with E-state index in [-0.39, 0.29) is 17.3 Å². The van der Waals surface area contributed by atoms with Crippen LogP contribution in [0.25, 0.3) is 0 Å². The van der Waals surface area contributed by atoms with Gasteiger partial charge in [-0.3, -0.25) is 0 Å². The number of carbonyl (C=O) groups is 1. The van der Waals surface area contributed by atoms with Gasteiger partial charge >= 0.3 is 12.1 Å². The van der Waals surface area contributed by atoms with Crippen molar-refractivity contribution in [3.63, 3.8) is 0 Å². The number of benzene rings is 2. The highest BCUT2D eigenvalue weighted by molar-refractivity contribution is 7.97. The largest absolute Gasteiger partial charge is 0.478 e. The predicted molar refractivity (Wildman–Crippen MR) is 120 cm³/mol. The van der Waals surface area contributed by atoms with Gasteiger partial charge in [0, 0.05) is 42.8 Å². The molecule has 34 heavy (non-hydrogen) atoms. The topological polar surface area (TPSA) is 81.6 Å². The first-order valence-corrected chi connectivity index (χ1v) is 10.9. The van der Waals surface area contributed by atoms with Crippen molar-refractivity contribution in [3.8, 4) is 0 Å². The van der Waals surface area contributed by atoms with Crippen molar-refractivity contribution in [1.29, 1.82) is 0 Å². The summed E-state index contributed by atoms with van der Waals surface area (Å²) in [5.41, 5.74) is -0.479. The van der Waals surface area contributed by atoms with Crippen LogP contribution in [-0.4, -0.2) is 51.5 Å². The van der Waals surface area contributed by atoms with Crippen LogP contribution >= 0.6 is 11.9 Å². The second-order valence-corrected chi connectivity index (χ2v) is 8.58. The van der Waals surface area contributed by atoms with Crippen molar-refractivity contribution < 1.29 is 27.5 Å². The second-order valence-electron chi connectivity index (χ2n) is 7.40. The van der Waals surface area contributed by atoms with Gasteiger partial charge in [0.05, 0.1) is 5.56 Å². The molecule has 1 fully saturated rings. The molecular weight excluding hydrogens is 474 g/mol. The summed E-state index contributed by atoms with van der Waals surface area (Å²) in [4.78, 5) is 21.5. The second kappa shape index (κ2) is 9.85. The maximum atomic E-state index is 13.5. The molecule has 1 aromatic heterocycles. The molecule has 0 unspecified atom stereocenters. The van der Waals surface area contributed by atoms with E-state index in [0.717, 1.165) is 11.0 Å². The lowest BCUT2D eigenvalue weighted by atomic mass is 10.2. The van der Waals surface area contributed by atoms with Crippen LogP contribution in [0.3, 0.4) is 0 Å². The highest BCUT2D eigenvalue weighted by atomic mass is 32.2. The number of nitrogens with zero attached hydrogens (tertiary/aromatic N) is 4. The van der Waals surface area contributed by atoms with E-state index in [0.29, 0.717) is 31.9 Å². The Morgan fingerprint density at radius 1 is 0.971 bits per heavy atom. The first-order valence-electron chi connectivity index (χ1n) is 10.2. The summed E-state index contributed by atoms with van der Waals surface area (Å²) in [6, 6.07) is 12.5. The summed E-state index contributed by atoms with van der Waals surface area (Å²) >= 11 is 1.45. The SMILES string of the molecule is O=C(O)c1ccc(SN2CCN(c3nc(Nc4ccc(F)cc4)cc(C(F)(F)F)n3)CC2)cc1. The van der Waals surface area contributed by atoms with Gasteiger partial charge in [0.15, 0.2) is 5.69 Å². The number of nitrogens with one attached hydrogen (secondary N) is 1. The van der Waals surface area contributed by atoms with Gasteiger partial charge in [-0.15, -0.1) is 0 Å². The van der Waals surface area contributed by atoms with Gasteiger partial charge in [-0.05, 0) is 60.5 Å². The molecule has 4 rings (SSSR count). The van der Waals surface area contributed by atoms with Crippen molar-refractivity contribution in [2.45, 2.75) is 11.1 Å². The Balaban J connectivity index is 1.46. The van der Waals surface area contributed by atoms with Crippen LogP contribution in [0.2, 0.25) is 0 Å². The van der Waals surface area contributed by atoms with Crippen LogP contribution in [0.4, 0.5) is 35.0 Å². The summed E-state index contributed by atoms with van der Waals surface area (Å²) in [6.07, 6.45) is -4.66. The molecule has 1 saturated heterocycles. The van der Waals surface area contributed by atoms with Crippen molar-refractivity contribution in [2.24, 2.45) is 0 Å². The minimum absolute atomic E-state index is 0.0424. The van der Waals surface area contributed by atoms with E-state index in [4.69, 9.17) is 5.11 Å². The van der Waals surface area contributed by atoms with Crippen LogP contribution < -0.4 is 10.2 Å². The molecule has 2 aromatic carbocycles. The molecule has 12 heteroatoms. The van der Waals surface area contributed by atoms with E-state index in [9.17, 15) is 22.4 Å². The number of alkyl halides is 3. The first-order chi connectivity index (χ1) is 16.2. The summed E-state index contributed by atoms with van der Waals surface area (Å²) in [7, 11) is 0. The molecule has 0 saturated carbocycles. The van der Waals surface area contributed by atoms with Crippen molar-refractivity contribution in [2.75, 3.05) is 36.4 Å². The Morgan fingerprint density at radius 3 is 2.21 bits per heavy atom. The molecule has 3 aromatic rings. The summed E-state index contributed by atoms with van der Waals surface area (Å²) in [5.74, 6) is -1.55. The molecule has 178 valence electrons. The van der Waals surface area contributed by atoms with Crippen LogP contribution in [0.1, 0.15) is 16.1 Å². The fraction of sp³-hybridized carbons (Fsp3) is 0.227. The number of hydrogen-bond donors (Lipinski definition) is 2. The number of aromatic carboxylic acids is 1. The average Bonchev–Trinajstić information content (AvgIpc) is 2.81. The van der Waals surface area contributed by atoms with E-state index in [2.05, 4.69) is 15.3 Å². The van der Waals surface area contributed by atoms with Crippen molar-refractivity contribution in [3.05, 3.63) is 71.7 Å². The number of hydrogen-bond acceptors (Lipinski definition) is 7. The minimum Gasteiger partial charge on any atom is -0.478 e. The predicted octanol–water partition coefficient (Wildman–Crippen LogP) is 4.91. The Labute approximate surface area is 196 Å². The first kappa shape index (κ1) is 23.8. The zero-order valence-corrected chi connectivity index (χ0v) is 18.4. The van der Waals surface area contributed by atoms with E-state index in [1.165, 1.54) is 48.3 Å². The Morgan fingerprint density at radius 2 is 1.62 bits per heavy atom. The third-order valence-electron chi connectivity index (χ3n) is 4.98. The lowest BCUT2D eigenvalue weighted by molar-refractivity contribution is -0.141. The number of carboxylic acids is 1. The molecule has 2 N–H and O–H groups in total. The normalized spacial score (nSPS) is 14.8. The standard InChI is InChI=1S/C22H19F4N5O2S/c23-15-3-5-16(6-4-15)27-19-13-18(22(24,25)26)28-21(29-19)30-9-11-31(12-10-30)34-17-7-1-14(2-8-17)20(32)33/h1-8,13H,9-12H2,(H,32,33)(H,27,28,29). The number of halogens is 4. The number of aromatic nitrogens is 2. The molecule has 0 aliphatic carbocycles. The van der Waals surface area contributed by atoms with Crippen LogP contribution in [-0.2, 0) is 6.18 Å². The fourth-order valence-corrected chi connectivity index (χ4v) is 4.15. The Bertz CT molecular complexity index is 1150. The third-order valence-corrected chi connectivity index (χ3v) is 6.08. The molecule has 0 bridgehead atoms. The molecular formula is C22H19F4N5O2S. The van der Waals surface area contributed by atoms with Crippen LogP contribution in [0.5, 0.6) is 0 Å². The van der Waals surface area contributed by atoms with Crippen molar-refractivity contribution >= 4 is 35.4 Å². The smallest absolute Gasteiger partial charge is 0.433 e. The highest BCUT2D eigenvalue weighted by Gasteiger charge is 2.34. The summed E-state index contributed by atoms with van der Waals surface area (Å²) in [6.45, 7) is 1.87. The van der Waals surface area contributed by atoms with E-state index in [1.807, 2.05) is 4.31 Å². The third kappa shape index (κ3) is 5.94. The fourth-order valence-electron chi connectivity index (χ4n) is 3.25. The van der Waals surface area contributed by atoms with Gasteiger partial charge in [-0.1, -0.05) is 0 Å². The number of carboxylic acid groups (broad SMARTS) is 1. The monoisotopic (exact) mass is 493 g/mol. The molecule has 0 radical (unpaired) electrons. The van der Waals surface area contributed by atoms with Gasteiger partial charge in [-0.2, -0.15) is 18.2 Å². The zero-order chi connectivity index (χ0) is 24.3. The van der Waals surface area contributed by atoms with Gasteiger partial charge in [0.2, 0.25) is 5.95 Å². The summed E-state index contributed by atoms with van der Waals surface area (Å²) < 4.78 is 55.5. The quantitative estimate of drug-likeness (QED) is 0.371. The molecule has 0 atom stereocenters.